The first kappa shape index (κ1) is 38.4. The topological polar surface area (TPSA) is 18.5 Å². The van der Waals surface area contributed by atoms with Crippen molar-refractivity contribution in [2.75, 3.05) is 26.9 Å². The van der Waals surface area contributed by atoms with Crippen LogP contribution in [-0.2, 0) is 9.47 Å². The molecule has 2 heteroatoms. The highest BCUT2D eigenvalue weighted by Crippen LogP contribution is 2.39. The van der Waals surface area contributed by atoms with Gasteiger partial charge in [0, 0.05) is 26.9 Å². The molecule has 0 aliphatic heterocycles. The third kappa shape index (κ3) is 16.2. The van der Waals surface area contributed by atoms with Crippen LogP contribution in [0, 0.1) is 47.3 Å². The predicted octanol–water partition coefficient (Wildman–Crippen LogP) is 13.2. The van der Waals surface area contributed by atoms with Crippen molar-refractivity contribution in [1.29, 1.82) is 0 Å². The van der Waals surface area contributed by atoms with Crippen LogP contribution in [-0.4, -0.2) is 26.9 Å². The van der Waals surface area contributed by atoms with Crippen LogP contribution >= 0.6 is 0 Å². The number of methoxy groups -OCH3 is 1. The molecule has 260 valence electrons. The number of unbranched alkanes of at least 4 members (excludes halogenated alkanes) is 3. The zero-order valence-electron chi connectivity index (χ0n) is 30.6. The van der Waals surface area contributed by atoms with Gasteiger partial charge in [-0.25, -0.2) is 0 Å². The Morgan fingerprint density at radius 1 is 0.386 bits per heavy atom. The minimum atomic E-state index is 0.861. The largest absolute Gasteiger partial charge is 0.384 e. The first-order valence-electron chi connectivity index (χ1n) is 20.7. The molecule has 2 nitrogen and oxygen atoms in total. The van der Waals surface area contributed by atoms with Crippen molar-refractivity contribution in [3.05, 3.63) is 0 Å². The van der Waals surface area contributed by atoms with E-state index in [1.165, 1.54) is 173 Å². The van der Waals surface area contributed by atoms with Crippen LogP contribution in [0.3, 0.4) is 0 Å². The summed E-state index contributed by atoms with van der Waals surface area (Å²) in [6, 6.07) is 0. The smallest absolute Gasteiger partial charge is 0.0494 e. The summed E-state index contributed by atoms with van der Waals surface area (Å²) in [6.45, 7) is 9.99. The van der Waals surface area contributed by atoms with Crippen LogP contribution < -0.4 is 0 Å². The molecule has 0 heterocycles. The maximum absolute atomic E-state index is 5.89. The lowest BCUT2D eigenvalue weighted by Crippen LogP contribution is -2.20. The Hall–Kier alpha value is -0.0800. The SMILES string of the molecule is CCCCC1CCC(CCC2CCC(COC)CC2)CC1.CCCCCOCC1CCC(CCC2CCC(CC)CC2)CC1. The van der Waals surface area contributed by atoms with Crippen molar-refractivity contribution in [2.24, 2.45) is 47.3 Å². The first-order chi connectivity index (χ1) is 21.6. The first-order valence-corrected chi connectivity index (χ1v) is 20.7. The van der Waals surface area contributed by atoms with Gasteiger partial charge in [0.1, 0.15) is 0 Å². The Kier molecular flexibility index (Phi) is 21.0. The van der Waals surface area contributed by atoms with Gasteiger partial charge in [0.05, 0.1) is 0 Å². The molecule has 44 heavy (non-hydrogen) atoms. The van der Waals surface area contributed by atoms with Gasteiger partial charge in [0.25, 0.3) is 0 Å². The van der Waals surface area contributed by atoms with Gasteiger partial charge in [-0.15, -0.1) is 0 Å². The van der Waals surface area contributed by atoms with Crippen LogP contribution in [0.25, 0.3) is 0 Å². The van der Waals surface area contributed by atoms with Gasteiger partial charge >= 0.3 is 0 Å². The monoisotopic (exact) mass is 617 g/mol. The van der Waals surface area contributed by atoms with Crippen LogP contribution in [0.2, 0.25) is 0 Å². The molecule has 0 aromatic rings. The second-order valence-electron chi connectivity index (χ2n) is 16.5. The molecule has 0 aromatic carbocycles. The Labute approximate surface area is 277 Å². The standard InChI is InChI=1S/C22H42O.C20H38O/c1-3-5-6-17-23-18-22-15-13-21(14-16-22)12-11-20-9-7-19(4-2)8-10-20;1-3-4-5-17-6-8-18(9-7-17)10-11-19-12-14-20(15-13-19)16-21-2/h19-22H,3-18H2,1-2H3;17-20H,3-16H2,1-2H3. The van der Waals surface area contributed by atoms with Crippen molar-refractivity contribution in [3.8, 4) is 0 Å². The summed E-state index contributed by atoms with van der Waals surface area (Å²) in [5.74, 6) is 8.07. The average molecular weight is 617 g/mol. The zero-order valence-corrected chi connectivity index (χ0v) is 30.6. The van der Waals surface area contributed by atoms with Crippen LogP contribution in [0.4, 0.5) is 0 Å². The quantitative estimate of drug-likeness (QED) is 0.143. The van der Waals surface area contributed by atoms with Gasteiger partial charge in [0.15, 0.2) is 0 Å². The van der Waals surface area contributed by atoms with E-state index in [-0.39, 0.29) is 0 Å². The second-order valence-corrected chi connectivity index (χ2v) is 16.5. The van der Waals surface area contributed by atoms with Crippen molar-refractivity contribution in [1.82, 2.24) is 0 Å². The van der Waals surface area contributed by atoms with E-state index in [1.807, 2.05) is 7.11 Å². The Balaban J connectivity index is 0.000000241. The molecule has 4 aliphatic carbocycles. The maximum Gasteiger partial charge on any atom is 0.0494 e. The van der Waals surface area contributed by atoms with Gasteiger partial charge < -0.3 is 9.47 Å². The molecule has 0 amide bonds. The summed E-state index contributed by atoms with van der Waals surface area (Å²) in [4.78, 5) is 0. The number of hydrogen-bond donors (Lipinski definition) is 0. The fraction of sp³-hybridized carbons (Fsp3) is 1.00. The average Bonchev–Trinajstić information content (AvgIpc) is 3.07. The van der Waals surface area contributed by atoms with Crippen LogP contribution in [0.1, 0.15) is 194 Å². The fourth-order valence-electron chi connectivity index (χ4n) is 9.49. The molecule has 0 spiro atoms. The lowest BCUT2D eigenvalue weighted by molar-refractivity contribution is 0.0736. The van der Waals surface area contributed by atoms with Crippen LogP contribution in [0.5, 0.6) is 0 Å². The number of hydrogen-bond acceptors (Lipinski definition) is 2. The summed E-state index contributed by atoms with van der Waals surface area (Å²) in [7, 11) is 1.85. The van der Waals surface area contributed by atoms with Crippen molar-refractivity contribution < 1.29 is 9.47 Å². The molecule has 0 bridgehead atoms. The van der Waals surface area contributed by atoms with E-state index in [0.29, 0.717) is 0 Å². The zero-order chi connectivity index (χ0) is 31.2. The molecule has 0 N–H and O–H groups in total. The minimum Gasteiger partial charge on any atom is -0.384 e. The summed E-state index contributed by atoms with van der Waals surface area (Å²) in [6.07, 6.45) is 39.6. The lowest BCUT2D eigenvalue weighted by Gasteiger charge is -2.32. The maximum atomic E-state index is 5.89. The lowest BCUT2D eigenvalue weighted by atomic mass is 9.75. The van der Waals surface area contributed by atoms with E-state index in [0.717, 1.165) is 67.2 Å². The van der Waals surface area contributed by atoms with Crippen molar-refractivity contribution in [3.63, 3.8) is 0 Å². The Morgan fingerprint density at radius 3 is 1.14 bits per heavy atom. The van der Waals surface area contributed by atoms with Gasteiger partial charge in [-0.2, -0.15) is 0 Å². The highest BCUT2D eigenvalue weighted by Gasteiger charge is 2.26. The summed E-state index contributed by atoms with van der Waals surface area (Å²) in [5, 5.41) is 0. The van der Waals surface area contributed by atoms with Crippen molar-refractivity contribution in [2.45, 2.75) is 194 Å². The van der Waals surface area contributed by atoms with Gasteiger partial charge in [-0.1, -0.05) is 162 Å². The molecule has 0 radical (unpaired) electrons. The number of rotatable bonds is 18. The molecular formula is C42H80O2. The molecule has 0 aromatic heterocycles. The summed E-state index contributed by atoms with van der Waals surface area (Å²) < 4.78 is 11.2. The molecule has 0 atom stereocenters. The Morgan fingerprint density at radius 2 is 0.750 bits per heavy atom. The highest BCUT2D eigenvalue weighted by atomic mass is 16.5. The Bertz CT molecular complexity index is 630. The molecular weight excluding hydrogens is 536 g/mol. The van der Waals surface area contributed by atoms with E-state index in [9.17, 15) is 0 Å². The molecule has 4 aliphatic rings. The molecule has 4 saturated carbocycles. The second kappa shape index (κ2) is 24.1. The van der Waals surface area contributed by atoms with Gasteiger partial charge in [-0.05, 0) is 79.4 Å². The third-order valence-corrected chi connectivity index (χ3v) is 13.0. The normalized spacial score (nSPS) is 33.0. The predicted molar refractivity (Wildman–Crippen MR) is 192 cm³/mol. The number of ether oxygens (including phenoxy) is 2. The van der Waals surface area contributed by atoms with Crippen molar-refractivity contribution >= 4 is 0 Å². The molecule has 0 unspecified atom stereocenters. The van der Waals surface area contributed by atoms with E-state index in [2.05, 4.69) is 20.8 Å². The minimum absolute atomic E-state index is 0.861. The third-order valence-electron chi connectivity index (χ3n) is 13.0. The molecule has 4 fully saturated rings. The molecule has 0 saturated heterocycles. The summed E-state index contributed by atoms with van der Waals surface area (Å²) >= 11 is 0. The van der Waals surface area contributed by atoms with Crippen LogP contribution in [0.15, 0.2) is 0 Å². The van der Waals surface area contributed by atoms with Gasteiger partial charge in [-0.3, -0.25) is 0 Å². The van der Waals surface area contributed by atoms with E-state index < -0.39 is 0 Å². The van der Waals surface area contributed by atoms with E-state index >= 15 is 0 Å². The summed E-state index contributed by atoms with van der Waals surface area (Å²) in [5.41, 5.74) is 0. The fourth-order valence-corrected chi connectivity index (χ4v) is 9.49. The van der Waals surface area contributed by atoms with E-state index in [1.54, 1.807) is 0 Å². The molecule has 4 rings (SSSR count). The highest BCUT2D eigenvalue weighted by molar-refractivity contribution is 4.78. The van der Waals surface area contributed by atoms with Gasteiger partial charge in [0.2, 0.25) is 0 Å². The van der Waals surface area contributed by atoms with E-state index in [4.69, 9.17) is 9.47 Å².